The number of aliphatic imine (C=N–C) groups is 1. The molecule has 0 bridgehead atoms. The second-order valence-corrected chi connectivity index (χ2v) is 9.26. The van der Waals surface area contributed by atoms with Gasteiger partial charge in [0.05, 0.1) is 13.7 Å². The highest BCUT2D eigenvalue weighted by molar-refractivity contribution is 9.10. The van der Waals surface area contributed by atoms with E-state index in [1.807, 2.05) is 60.7 Å². The molecule has 0 aromatic heterocycles. The summed E-state index contributed by atoms with van der Waals surface area (Å²) < 4.78 is 18.4. The number of hydrogen-bond donors (Lipinski definition) is 3. The lowest BCUT2D eigenvalue weighted by molar-refractivity contribution is -0.129. The van der Waals surface area contributed by atoms with Crippen LogP contribution in [0.1, 0.15) is 29.2 Å². The second kappa shape index (κ2) is 11.6. The summed E-state index contributed by atoms with van der Waals surface area (Å²) in [4.78, 5) is 18.3. The third-order valence-corrected chi connectivity index (χ3v) is 6.47. The summed E-state index contributed by atoms with van der Waals surface area (Å²) >= 11 is 3.46. The molecule has 9 heteroatoms. The molecule has 36 heavy (non-hydrogen) atoms. The van der Waals surface area contributed by atoms with Gasteiger partial charge in [0.2, 0.25) is 5.90 Å². The van der Waals surface area contributed by atoms with Crippen LogP contribution in [0, 0.1) is 0 Å². The Morgan fingerprint density at radius 3 is 2.56 bits per heavy atom. The molecule has 0 spiro atoms. The van der Waals surface area contributed by atoms with Crippen molar-refractivity contribution in [3.05, 3.63) is 94.0 Å². The summed E-state index contributed by atoms with van der Waals surface area (Å²) in [7, 11) is 1.59. The van der Waals surface area contributed by atoms with Gasteiger partial charge in [-0.25, -0.2) is 10.8 Å². The van der Waals surface area contributed by atoms with Crippen LogP contribution in [-0.4, -0.2) is 42.8 Å². The third kappa shape index (κ3) is 5.53. The molecular weight excluding hydrogens is 526 g/mol. The highest BCUT2D eigenvalue weighted by Gasteiger charge is 2.53. The first-order valence-electron chi connectivity index (χ1n) is 11.5. The number of methoxy groups -OCH3 is 1. The van der Waals surface area contributed by atoms with Crippen LogP contribution in [0.5, 0.6) is 11.5 Å². The molecule has 3 aromatic rings. The Morgan fingerprint density at radius 2 is 1.89 bits per heavy atom. The number of aliphatic hydroxyl groups is 1. The van der Waals surface area contributed by atoms with Crippen LogP contribution >= 0.6 is 15.9 Å². The molecule has 1 aliphatic heterocycles. The van der Waals surface area contributed by atoms with E-state index in [9.17, 15) is 4.79 Å². The summed E-state index contributed by atoms with van der Waals surface area (Å²) in [6, 6.07) is 22.3. The fraction of sp³-hybridized carbons (Fsp3) is 0.259. The molecule has 2 atom stereocenters. The first kappa shape index (κ1) is 25.7. The van der Waals surface area contributed by atoms with Crippen LogP contribution in [0.4, 0.5) is 0 Å². The zero-order chi connectivity index (χ0) is 25.5. The van der Waals surface area contributed by atoms with Crippen molar-refractivity contribution in [3.63, 3.8) is 0 Å². The number of nitrogens with zero attached hydrogens (tertiary/aromatic N) is 1. The molecule has 188 valence electrons. The van der Waals surface area contributed by atoms with Crippen molar-refractivity contribution in [3.8, 4) is 11.5 Å². The maximum atomic E-state index is 13.4. The number of benzene rings is 3. The molecule has 4 N–H and O–H groups in total. The fourth-order valence-corrected chi connectivity index (χ4v) is 4.39. The van der Waals surface area contributed by atoms with E-state index >= 15 is 0 Å². The average molecular weight is 554 g/mol. The Balaban J connectivity index is 1.76. The number of nitrogens with one attached hydrogen (secondary N) is 1. The van der Waals surface area contributed by atoms with Crippen molar-refractivity contribution >= 4 is 27.7 Å². The van der Waals surface area contributed by atoms with E-state index in [0.29, 0.717) is 36.0 Å². The van der Waals surface area contributed by atoms with Gasteiger partial charge in [-0.1, -0.05) is 40.2 Å². The van der Waals surface area contributed by atoms with Crippen LogP contribution < -0.4 is 20.7 Å². The Kier molecular flexibility index (Phi) is 8.25. The maximum absolute atomic E-state index is 13.4. The predicted molar refractivity (Wildman–Crippen MR) is 140 cm³/mol. The van der Waals surface area contributed by atoms with E-state index in [-0.39, 0.29) is 13.0 Å². The summed E-state index contributed by atoms with van der Waals surface area (Å²) in [6.07, 6.45) is 0.0548. The van der Waals surface area contributed by atoms with Crippen LogP contribution in [0.3, 0.4) is 0 Å². The molecular formula is C27H28BrN3O5. The molecule has 0 unspecified atom stereocenters. The molecule has 8 nitrogen and oxygen atoms in total. The predicted octanol–water partition coefficient (Wildman–Crippen LogP) is 3.71. The molecule has 0 saturated heterocycles. The van der Waals surface area contributed by atoms with Gasteiger partial charge < -0.3 is 19.3 Å². The van der Waals surface area contributed by atoms with Crippen molar-refractivity contribution in [1.29, 1.82) is 0 Å². The lowest BCUT2D eigenvalue weighted by Gasteiger charge is -2.30. The quantitative estimate of drug-likeness (QED) is 0.152. The van der Waals surface area contributed by atoms with Crippen molar-refractivity contribution in [2.24, 2.45) is 10.8 Å². The number of nitrogens with two attached hydrogens (primary N) is 1. The first-order valence-corrected chi connectivity index (χ1v) is 12.3. The topological polar surface area (TPSA) is 115 Å². The number of hydrogen-bond acceptors (Lipinski definition) is 7. The summed E-state index contributed by atoms with van der Waals surface area (Å²) in [5, 5.41) is 8.95. The lowest BCUT2D eigenvalue weighted by atomic mass is 9.82. The van der Waals surface area contributed by atoms with Crippen LogP contribution in [-0.2, 0) is 16.0 Å². The standard InChI is InChI=1S/C27H28BrN3O5/c1-34-23-5-2-4-20(16-23)24-27(26(33)31-29,17-18-6-10-21(28)11-7-18)30-25(36-24)19-8-12-22(13-9-19)35-15-3-14-32/h2,4-13,16,24,32H,3,14-15,17,29H2,1H3,(H,31,33)/t24-,27-/m0/s1. The normalized spacial score (nSPS) is 18.8. The minimum Gasteiger partial charge on any atom is -0.497 e. The number of amides is 1. The summed E-state index contributed by atoms with van der Waals surface area (Å²) in [5.41, 5.74) is 3.28. The van der Waals surface area contributed by atoms with E-state index in [4.69, 9.17) is 30.2 Å². The molecule has 0 aliphatic carbocycles. The second-order valence-electron chi connectivity index (χ2n) is 8.34. The van der Waals surface area contributed by atoms with Gasteiger partial charge in [0.15, 0.2) is 11.6 Å². The molecule has 1 amide bonds. The van der Waals surface area contributed by atoms with Gasteiger partial charge in [0.25, 0.3) is 5.91 Å². The van der Waals surface area contributed by atoms with Crippen LogP contribution in [0.15, 0.2) is 82.3 Å². The summed E-state index contributed by atoms with van der Waals surface area (Å²) in [6.45, 7) is 0.482. The zero-order valence-corrected chi connectivity index (χ0v) is 21.4. The van der Waals surface area contributed by atoms with Crippen molar-refractivity contribution < 1.29 is 24.1 Å². The number of hydrazine groups is 1. The molecule has 0 radical (unpaired) electrons. The van der Waals surface area contributed by atoms with E-state index in [1.165, 1.54) is 0 Å². The number of carbonyl (C=O) groups excluding carboxylic acids is 1. The number of carbonyl (C=O) groups is 1. The van der Waals surface area contributed by atoms with E-state index in [1.54, 1.807) is 19.2 Å². The van der Waals surface area contributed by atoms with Gasteiger partial charge in [0.1, 0.15) is 11.5 Å². The Labute approximate surface area is 218 Å². The van der Waals surface area contributed by atoms with Crippen LogP contribution in [0.25, 0.3) is 0 Å². The molecule has 1 heterocycles. The largest absolute Gasteiger partial charge is 0.497 e. The third-order valence-electron chi connectivity index (χ3n) is 5.94. The highest BCUT2D eigenvalue weighted by Crippen LogP contribution is 2.43. The van der Waals surface area contributed by atoms with Gasteiger partial charge >= 0.3 is 0 Å². The average Bonchev–Trinajstić information content (AvgIpc) is 3.30. The molecule has 3 aromatic carbocycles. The van der Waals surface area contributed by atoms with Gasteiger partial charge in [-0.15, -0.1) is 0 Å². The molecule has 0 fully saturated rings. The number of ether oxygens (including phenoxy) is 3. The summed E-state index contributed by atoms with van der Waals surface area (Å²) in [5.74, 6) is 6.85. The monoisotopic (exact) mass is 553 g/mol. The van der Waals surface area contributed by atoms with E-state index in [2.05, 4.69) is 21.4 Å². The first-order chi connectivity index (χ1) is 17.5. The molecule has 4 rings (SSSR count). The number of halogens is 1. The lowest BCUT2D eigenvalue weighted by Crippen LogP contribution is -2.52. The number of aliphatic hydroxyl groups excluding tert-OH is 1. The molecule has 1 aliphatic rings. The van der Waals surface area contributed by atoms with Gasteiger partial charge in [0, 0.05) is 29.5 Å². The van der Waals surface area contributed by atoms with E-state index < -0.39 is 17.6 Å². The van der Waals surface area contributed by atoms with Crippen molar-refractivity contribution in [2.45, 2.75) is 24.5 Å². The minimum absolute atomic E-state index is 0.0675. The fourth-order valence-electron chi connectivity index (χ4n) is 4.13. The van der Waals surface area contributed by atoms with E-state index in [0.717, 1.165) is 15.6 Å². The maximum Gasteiger partial charge on any atom is 0.266 e. The number of rotatable bonds is 10. The highest BCUT2D eigenvalue weighted by atomic mass is 79.9. The molecule has 0 saturated carbocycles. The Bertz CT molecular complexity index is 1220. The van der Waals surface area contributed by atoms with Gasteiger partial charge in [-0.2, -0.15) is 0 Å². The zero-order valence-electron chi connectivity index (χ0n) is 19.8. The smallest absolute Gasteiger partial charge is 0.266 e. The van der Waals surface area contributed by atoms with Gasteiger partial charge in [-0.05, 0) is 59.7 Å². The van der Waals surface area contributed by atoms with Crippen molar-refractivity contribution in [2.75, 3.05) is 20.3 Å². The Morgan fingerprint density at radius 1 is 1.14 bits per heavy atom. The minimum atomic E-state index is -1.36. The van der Waals surface area contributed by atoms with Gasteiger partial charge in [-0.3, -0.25) is 10.2 Å². The van der Waals surface area contributed by atoms with Crippen molar-refractivity contribution in [1.82, 2.24) is 5.43 Å². The van der Waals surface area contributed by atoms with Crippen LogP contribution in [0.2, 0.25) is 0 Å². The Hall–Kier alpha value is -3.40. The SMILES string of the molecule is COc1cccc([C@@H]2OC(c3ccc(OCCCO)cc3)=N[C@]2(Cc2ccc(Br)cc2)C(=O)NN)c1.